The lowest BCUT2D eigenvalue weighted by Crippen LogP contribution is -2.11. The Kier molecular flexibility index (Phi) is 5.50. The van der Waals surface area contributed by atoms with Gasteiger partial charge in [0.05, 0.1) is 7.11 Å². The van der Waals surface area contributed by atoms with Crippen molar-refractivity contribution in [2.24, 2.45) is 0 Å². The molecule has 0 amide bonds. The Labute approximate surface area is 155 Å². The summed E-state index contributed by atoms with van der Waals surface area (Å²) >= 11 is 0. The van der Waals surface area contributed by atoms with Crippen molar-refractivity contribution in [2.45, 2.75) is 52.6 Å². The molecule has 0 aliphatic heterocycles. The number of rotatable bonds is 6. The van der Waals surface area contributed by atoms with Crippen molar-refractivity contribution < 1.29 is 19.0 Å². The fraction of sp³-hybridized carbons (Fsp3) is 0.409. The molecule has 0 atom stereocenters. The minimum absolute atomic E-state index is 0.360. The first-order chi connectivity index (χ1) is 12.5. The topological polar surface area (TPSA) is 44.8 Å². The van der Waals surface area contributed by atoms with Crippen LogP contribution in [0.1, 0.15) is 53.5 Å². The van der Waals surface area contributed by atoms with E-state index < -0.39 is 6.16 Å². The molecule has 0 unspecified atom stereocenters. The van der Waals surface area contributed by atoms with Gasteiger partial charge in [0, 0.05) is 5.56 Å². The van der Waals surface area contributed by atoms with E-state index in [0.29, 0.717) is 18.3 Å². The van der Waals surface area contributed by atoms with E-state index in [9.17, 15) is 4.79 Å². The average Bonchev–Trinajstić information content (AvgIpc) is 3.47. The van der Waals surface area contributed by atoms with E-state index in [-0.39, 0.29) is 0 Å². The van der Waals surface area contributed by atoms with Gasteiger partial charge in [0.2, 0.25) is 0 Å². The predicted molar refractivity (Wildman–Crippen MR) is 101 cm³/mol. The average molecular weight is 354 g/mol. The smallest absolute Gasteiger partial charge is 0.488 e. The highest BCUT2D eigenvalue weighted by atomic mass is 16.7. The van der Waals surface area contributed by atoms with E-state index in [4.69, 9.17) is 9.47 Å². The summed E-state index contributed by atoms with van der Waals surface area (Å²) in [4.78, 5) is 11.6. The van der Waals surface area contributed by atoms with Crippen molar-refractivity contribution in [1.82, 2.24) is 0 Å². The molecule has 0 saturated heterocycles. The number of carbonyl (C=O) groups excluding carboxylic acids is 1. The second kappa shape index (κ2) is 7.81. The summed E-state index contributed by atoms with van der Waals surface area (Å²) in [5, 5.41) is 0. The highest BCUT2D eigenvalue weighted by Gasteiger charge is 2.27. The number of methoxy groups -OCH3 is 1. The highest BCUT2D eigenvalue weighted by molar-refractivity contribution is 5.64. The van der Waals surface area contributed by atoms with Crippen molar-refractivity contribution in [3.05, 3.63) is 58.1 Å². The molecule has 1 aliphatic rings. The molecule has 0 bridgehead atoms. The van der Waals surface area contributed by atoms with E-state index in [1.807, 2.05) is 12.1 Å². The maximum absolute atomic E-state index is 11.6. The Morgan fingerprint density at radius 3 is 2.50 bits per heavy atom. The molecule has 1 fully saturated rings. The molecule has 0 heterocycles. The van der Waals surface area contributed by atoms with Gasteiger partial charge in [0.15, 0.2) is 0 Å². The number of benzene rings is 2. The van der Waals surface area contributed by atoms with Crippen LogP contribution in [0, 0.1) is 13.8 Å². The predicted octanol–water partition coefficient (Wildman–Crippen LogP) is 5.47. The summed E-state index contributed by atoms with van der Waals surface area (Å²) in [5.41, 5.74) is 5.79. The number of ether oxygens (including phenoxy) is 3. The van der Waals surface area contributed by atoms with Gasteiger partial charge in [-0.05, 0) is 73.4 Å². The summed E-state index contributed by atoms with van der Waals surface area (Å²) in [6.45, 7) is 6.68. The third-order valence-electron chi connectivity index (χ3n) is 4.99. The molecular weight excluding hydrogens is 328 g/mol. The normalized spacial score (nSPS) is 13.4. The first kappa shape index (κ1) is 18.3. The van der Waals surface area contributed by atoms with Crippen LogP contribution in [0.3, 0.4) is 0 Å². The van der Waals surface area contributed by atoms with Crippen LogP contribution in [-0.4, -0.2) is 13.3 Å². The van der Waals surface area contributed by atoms with Gasteiger partial charge < -0.3 is 14.2 Å². The molecule has 4 heteroatoms. The van der Waals surface area contributed by atoms with Crippen LogP contribution in [0.4, 0.5) is 4.79 Å². The van der Waals surface area contributed by atoms with Crippen LogP contribution < -0.4 is 9.47 Å². The zero-order valence-corrected chi connectivity index (χ0v) is 15.9. The molecule has 26 heavy (non-hydrogen) atoms. The summed E-state index contributed by atoms with van der Waals surface area (Å²) < 4.78 is 16.2. The van der Waals surface area contributed by atoms with Gasteiger partial charge in [-0.2, -0.15) is 0 Å². The largest absolute Gasteiger partial charge is 0.513 e. The lowest BCUT2D eigenvalue weighted by Gasteiger charge is -2.17. The molecule has 0 spiro atoms. The van der Waals surface area contributed by atoms with Crippen LogP contribution in [0.25, 0.3) is 0 Å². The number of hydrogen-bond donors (Lipinski definition) is 0. The second-order valence-corrected chi connectivity index (χ2v) is 6.84. The fourth-order valence-electron chi connectivity index (χ4n) is 3.13. The van der Waals surface area contributed by atoms with Crippen molar-refractivity contribution in [2.75, 3.05) is 7.11 Å². The van der Waals surface area contributed by atoms with E-state index in [1.165, 1.54) is 36.6 Å². The Bertz CT molecular complexity index is 806. The van der Waals surface area contributed by atoms with Crippen molar-refractivity contribution in [1.29, 1.82) is 0 Å². The minimum atomic E-state index is -0.718. The molecule has 0 radical (unpaired) electrons. The Balaban J connectivity index is 1.88. The molecule has 0 aromatic heterocycles. The van der Waals surface area contributed by atoms with Gasteiger partial charge in [-0.15, -0.1) is 0 Å². The molecule has 0 N–H and O–H groups in total. The standard InChI is InChI=1S/C22H26O4/c1-5-16-7-6-8-20(26-22(23)24-4)19(16)13-25-21-12-15(3)14(2)11-18(21)17-9-10-17/h6-8,11-12,17H,5,9-10,13H2,1-4H3. The van der Waals surface area contributed by atoms with E-state index >= 15 is 0 Å². The highest BCUT2D eigenvalue weighted by Crippen LogP contribution is 2.45. The van der Waals surface area contributed by atoms with Gasteiger partial charge in [-0.25, -0.2) is 4.79 Å². The van der Waals surface area contributed by atoms with Crippen LogP contribution >= 0.6 is 0 Å². The minimum Gasteiger partial charge on any atom is -0.488 e. The maximum Gasteiger partial charge on any atom is 0.513 e. The summed E-state index contributed by atoms with van der Waals surface area (Å²) in [5.74, 6) is 2.04. The van der Waals surface area contributed by atoms with Gasteiger partial charge in [-0.1, -0.05) is 25.1 Å². The Hall–Kier alpha value is -2.49. The molecule has 2 aromatic carbocycles. The third kappa shape index (κ3) is 4.01. The van der Waals surface area contributed by atoms with Gasteiger partial charge in [0.25, 0.3) is 0 Å². The Morgan fingerprint density at radius 1 is 1.12 bits per heavy atom. The SMILES string of the molecule is CCc1cccc(OC(=O)OC)c1COc1cc(C)c(C)cc1C1CC1. The molecule has 4 nitrogen and oxygen atoms in total. The van der Waals surface area contributed by atoms with Gasteiger partial charge in [-0.3, -0.25) is 0 Å². The van der Waals surface area contributed by atoms with Crippen LogP contribution in [0.5, 0.6) is 11.5 Å². The lowest BCUT2D eigenvalue weighted by molar-refractivity contribution is 0.120. The molecule has 3 rings (SSSR count). The van der Waals surface area contributed by atoms with E-state index in [2.05, 4.69) is 37.6 Å². The van der Waals surface area contributed by atoms with Crippen LogP contribution in [-0.2, 0) is 17.8 Å². The second-order valence-electron chi connectivity index (χ2n) is 6.84. The molecular formula is C22H26O4. The zero-order chi connectivity index (χ0) is 18.7. The maximum atomic E-state index is 11.6. The van der Waals surface area contributed by atoms with E-state index in [1.54, 1.807) is 6.07 Å². The summed E-state index contributed by atoms with van der Waals surface area (Å²) in [6.07, 6.45) is 2.56. The monoisotopic (exact) mass is 354 g/mol. The first-order valence-corrected chi connectivity index (χ1v) is 9.14. The van der Waals surface area contributed by atoms with Crippen LogP contribution in [0.2, 0.25) is 0 Å². The van der Waals surface area contributed by atoms with Crippen molar-refractivity contribution >= 4 is 6.16 Å². The van der Waals surface area contributed by atoms with Crippen molar-refractivity contribution in [3.63, 3.8) is 0 Å². The zero-order valence-electron chi connectivity index (χ0n) is 15.9. The molecule has 1 saturated carbocycles. The quantitative estimate of drug-likeness (QED) is 0.510. The third-order valence-corrected chi connectivity index (χ3v) is 4.99. The summed E-state index contributed by atoms with van der Waals surface area (Å²) in [7, 11) is 1.30. The number of aryl methyl sites for hydroxylation is 3. The lowest BCUT2D eigenvalue weighted by atomic mass is 10.0. The van der Waals surface area contributed by atoms with Crippen molar-refractivity contribution in [3.8, 4) is 11.5 Å². The van der Waals surface area contributed by atoms with E-state index in [0.717, 1.165) is 23.3 Å². The molecule has 138 valence electrons. The van der Waals surface area contributed by atoms with Crippen LogP contribution in [0.15, 0.2) is 30.3 Å². The van der Waals surface area contributed by atoms with Gasteiger partial charge >= 0.3 is 6.16 Å². The molecule has 1 aliphatic carbocycles. The number of hydrogen-bond acceptors (Lipinski definition) is 4. The summed E-state index contributed by atoms with van der Waals surface area (Å²) in [6, 6.07) is 10.1. The first-order valence-electron chi connectivity index (χ1n) is 9.14. The number of carbonyl (C=O) groups is 1. The Morgan fingerprint density at radius 2 is 1.85 bits per heavy atom. The fourth-order valence-corrected chi connectivity index (χ4v) is 3.13. The molecule has 2 aromatic rings. The van der Waals surface area contributed by atoms with Gasteiger partial charge in [0.1, 0.15) is 18.1 Å².